The van der Waals surface area contributed by atoms with Crippen LogP contribution in [-0.4, -0.2) is 51.9 Å². The number of carbonyl (C=O) groups excluding carboxylic acids is 1. The number of aromatic nitrogens is 3. The van der Waals surface area contributed by atoms with Crippen LogP contribution in [0.5, 0.6) is 0 Å². The zero-order valence-electron chi connectivity index (χ0n) is 15.4. The molecule has 4 heterocycles. The molecule has 27 heavy (non-hydrogen) atoms. The van der Waals surface area contributed by atoms with E-state index in [1.807, 2.05) is 31.7 Å². The number of aromatic amines is 1. The SMILES string of the molecule is C=CC(=O)N(C)[C@@H]1CCCN(c2cnc3[nH]cc(-c4cccnc4)c3c2)C1. The second-order valence-electron chi connectivity index (χ2n) is 6.93. The lowest BCUT2D eigenvalue weighted by Gasteiger charge is -2.38. The van der Waals surface area contributed by atoms with E-state index < -0.39 is 0 Å². The number of hydrogen-bond donors (Lipinski definition) is 1. The predicted octanol–water partition coefficient (Wildman–Crippen LogP) is 3.24. The van der Waals surface area contributed by atoms with Crippen molar-refractivity contribution >= 4 is 22.6 Å². The van der Waals surface area contributed by atoms with E-state index >= 15 is 0 Å². The van der Waals surface area contributed by atoms with E-state index in [0.717, 1.165) is 53.8 Å². The summed E-state index contributed by atoms with van der Waals surface area (Å²) in [4.78, 5) is 28.1. The Hall–Kier alpha value is -3.15. The van der Waals surface area contributed by atoms with E-state index in [9.17, 15) is 4.79 Å². The van der Waals surface area contributed by atoms with Gasteiger partial charge in [0, 0.05) is 61.3 Å². The molecule has 0 bridgehead atoms. The van der Waals surface area contributed by atoms with Crippen molar-refractivity contribution in [2.45, 2.75) is 18.9 Å². The summed E-state index contributed by atoms with van der Waals surface area (Å²) in [5.74, 6) is -0.0278. The maximum absolute atomic E-state index is 12.0. The van der Waals surface area contributed by atoms with Crippen LogP contribution in [0.25, 0.3) is 22.2 Å². The Balaban J connectivity index is 1.64. The molecule has 1 aliphatic rings. The Bertz CT molecular complexity index is 965. The number of nitrogens with zero attached hydrogens (tertiary/aromatic N) is 4. The van der Waals surface area contributed by atoms with Crippen LogP contribution < -0.4 is 4.90 Å². The highest BCUT2D eigenvalue weighted by molar-refractivity contribution is 5.95. The first-order valence-corrected chi connectivity index (χ1v) is 9.19. The molecule has 4 rings (SSSR count). The van der Waals surface area contributed by atoms with E-state index in [1.54, 1.807) is 11.1 Å². The number of nitrogens with one attached hydrogen (secondary N) is 1. The molecular formula is C21H23N5O. The van der Waals surface area contributed by atoms with Crippen molar-refractivity contribution in [2.24, 2.45) is 0 Å². The molecule has 0 aromatic carbocycles. The van der Waals surface area contributed by atoms with Gasteiger partial charge in [0.15, 0.2) is 0 Å². The standard InChI is InChI=1S/C21H23N5O/c1-3-20(27)25(2)16-7-5-9-26(14-16)17-10-18-19(13-24-21(18)23-12-17)15-6-4-8-22-11-15/h3-4,6,8,10-13,16H,1,5,7,9,14H2,2H3,(H,23,24)/t16-/m1/s1. The molecule has 1 amide bonds. The van der Waals surface area contributed by atoms with Gasteiger partial charge in [0.25, 0.3) is 0 Å². The van der Waals surface area contributed by atoms with Crippen LogP contribution in [0.1, 0.15) is 12.8 Å². The molecule has 0 spiro atoms. The molecule has 0 unspecified atom stereocenters. The third-order valence-electron chi connectivity index (χ3n) is 5.32. The van der Waals surface area contributed by atoms with Crippen LogP contribution in [0.2, 0.25) is 0 Å². The molecule has 1 atom stereocenters. The molecular weight excluding hydrogens is 338 g/mol. The highest BCUT2D eigenvalue weighted by Gasteiger charge is 2.25. The number of hydrogen-bond acceptors (Lipinski definition) is 4. The summed E-state index contributed by atoms with van der Waals surface area (Å²) in [5, 5.41) is 1.08. The molecule has 3 aromatic rings. The Morgan fingerprint density at radius 2 is 2.33 bits per heavy atom. The third-order valence-corrected chi connectivity index (χ3v) is 5.32. The fourth-order valence-electron chi connectivity index (χ4n) is 3.76. The minimum atomic E-state index is -0.0278. The van der Waals surface area contributed by atoms with Gasteiger partial charge in [0.2, 0.25) is 5.91 Å². The van der Waals surface area contributed by atoms with Gasteiger partial charge < -0.3 is 14.8 Å². The fourth-order valence-corrected chi connectivity index (χ4v) is 3.76. The zero-order valence-corrected chi connectivity index (χ0v) is 15.4. The van der Waals surface area contributed by atoms with Crippen LogP contribution in [0.15, 0.2) is 55.6 Å². The van der Waals surface area contributed by atoms with Gasteiger partial charge in [-0.05, 0) is 31.1 Å². The van der Waals surface area contributed by atoms with Gasteiger partial charge in [-0.3, -0.25) is 9.78 Å². The molecule has 1 aliphatic heterocycles. The largest absolute Gasteiger partial charge is 0.368 e. The van der Waals surface area contributed by atoms with Crippen LogP contribution in [0.4, 0.5) is 5.69 Å². The summed E-state index contributed by atoms with van der Waals surface area (Å²) >= 11 is 0. The molecule has 0 aliphatic carbocycles. The van der Waals surface area contributed by atoms with Gasteiger partial charge in [0.1, 0.15) is 5.65 Å². The topological polar surface area (TPSA) is 65.1 Å². The van der Waals surface area contributed by atoms with Gasteiger partial charge >= 0.3 is 0 Å². The maximum Gasteiger partial charge on any atom is 0.246 e. The van der Waals surface area contributed by atoms with Crippen LogP contribution in [0.3, 0.4) is 0 Å². The van der Waals surface area contributed by atoms with Gasteiger partial charge in [-0.1, -0.05) is 12.6 Å². The Morgan fingerprint density at radius 3 is 3.11 bits per heavy atom. The highest BCUT2D eigenvalue weighted by atomic mass is 16.2. The number of likely N-dealkylation sites (N-methyl/N-ethyl adjacent to an activating group) is 1. The van der Waals surface area contributed by atoms with Crippen LogP contribution in [-0.2, 0) is 4.79 Å². The monoisotopic (exact) mass is 361 g/mol. The Labute approximate surface area is 158 Å². The van der Waals surface area contributed by atoms with Crippen molar-refractivity contribution in [1.29, 1.82) is 0 Å². The Morgan fingerprint density at radius 1 is 1.44 bits per heavy atom. The number of piperidine rings is 1. The first kappa shape index (κ1) is 17.3. The predicted molar refractivity (Wildman–Crippen MR) is 108 cm³/mol. The van der Waals surface area contributed by atoms with E-state index in [-0.39, 0.29) is 11.9 Å². The molecule has 138 valence electrons. The van der Waals surface area contributed by atoms with Gasteiger partial charge in [0.05, 0.1) is 11.9 Å². The van der Waals surface area contributed by atoms with Crippen molar-refractivity contribution in [3.05, 3.63) is 55.6 Å². The molecule has 0 radical (unpaired) electrons. The summed E-state index contributed by atoms with van der Waals surface area (Å²) < 4.78 is 0. The quantitative estimate of drug-likeness (QED) is 0.725. The summed E-state index contributed by atoms with van der Waals surface area (Å²) in [6.45, 7) is 5.36. The lowest BCUT2D eigenvalue weighted by molar-refractivity contribution is -0.126. The fraction of sp³-hybridized carbons (Fsp3) is 0.286. The van der Waals surface area contributed by atoms with E-state index in [2.05, 4.69) is 38.6 Å². The number of amides is 1. The summed E-state index contributed by atoms with van der Waals surface area (Å²) in [5.41, 5.74) is 4.11. The lowest BCUT2D eigenvalue weighted by Crippen LogP contribution is -2.48. The second kappa shape index (κ2) is 7.23. The van der Waals surface area contributed by atoms with Crippen molar-refractivity contribution in [3.8, 4) is 11.1 Å². The Kier molecular flexibility index (Phi) is 4.62. The molecule has 0 saturated carbocycles. The average Bonchev–Trinajstić information content (AvgIpc) is 3.16. The molecule has 1 N–H and O–H groups in total. The molecule has 6 heteroatoms. The minimum Gasteiger partial charge on any atom is -0.368 e. The zero-order chi connectivity index (χ0) is 18.8. The van der Waals surface area contributed by atoms with Crippen molar-refractivity contribution in [3.63, 3.8) is 0 Å². The first-order valence-electron chi connectivity index (χ1n) is 9.19. The molecule has 1 fully saturated rings. The van der Waals surface area contributed by atoms with Crippen molar-refractivity contribution < 1.29 is 4.79 Å². The minimum absolute atomic E-state index is 0.0278. The summed E-state index contributed by atoms with van der Waals surface area (Å²) in [6.07, 6.45) is 11.0. The third kappa shape index (κ3) is 3.30. The highest BCUT2D eigenvalue weighted by Crippen LogP contribution is 2.31. The van der Waals surface area contributed by atoms with Crippen molar-refractivity contribution in [2.75, 3.05) is 25.0 Å². The van der Waals surface area contributed by atoms with E-state index in [0.29, 0.717) is 0 Å². The number of fused-ring (bicyclic) bond motifs is 1. The number of rotatable bonds is 4. The number of anilines is 1. The maximum atomic E-state index is 12.0. The van der Waals surface area contributed by atoms with Crippen molar-refractivity contribution in [1.82, 2.24) is 19.9 Å². The number of H-pyrrole nitrogens is 1. The van der Waals surface area contributed by atoms with E-state index in [4.69, 9.17) is 0 Å². The van der Waals surface area contributed by atoms with Crippen LogP contribution in [0, 0.1) is 0 Å². The normalized spacial score (nSPS) is 17.1. The van der Waals surface area contributed by atoms with Crippen LogP contribution >= 0.6 is 0 Å². The van der Waals surface area contributed by atoms with E-state index in [1.165, 1.54) is 6.08 Å². The van der Waals surface area contributed by atoms with Gasteiger partial charge in [-0.15, -0.1) is 0 Å². The van der Waals surface area contributed by atoms with Gasteiger partial charge in [-0.2, -0.15) is 0 Å². The van der Waals surface area contributed by atoms with Gasteiger partial charge in [-0.25, -0.2) is 4.98 Å². The molecule has 1 saturated heterocycles. The summed E-state index contributed by atoms with van der Waals surface area (Å²) in [6, 6.07) is 6.35. The number of carbonyl (C=O) groups is 1. The molecule has 3 aromatic heterocycles. The summed E-state index contributed by atoms with van der Waals surface area (Å²) in [7, 11) is 1.85. The molecule has 6 nitrogen and oxygen atoms in total. The lowest BCUT2D eigenvalue weighted by atomic mass is 10.0. The second-order valence-corrected chi connectivity index (χ2v) is 6.93. The smallest absolute Gasteiger partial charge is 0.246 e. The average molecular weight is 361 g/mol. The first-order chi connectivity index (χ1) is 13.2. The number of pyridine rings is 2.